The molecule has 4 amide bonds. The van der Waals surface area contributed by atoms with Crippen LogP contribution in [0, 0.1) is 6.92 Å². The molecule has 1 fully saturated rings. The highest BCUT2D eigenvalue weighted by atomic mass is 79.9. The number of methoxy groups -OCH3 is 1. The molecule has 0 saturated carbocycles. The molecule has 4 rings (SSSR count). The lowest BCUT2D eigenvalue weighted by atomic mass is 10.00. The summed E-state index contributed by atoms with van der Waals surface area (Å²) in [6.07, 6.45) is 1.89. The fourth-order valence-electron chi connectivity index (χ4n) is 3.78. The predicted octanol–water partition coefficient (Wildman–Crippen LogP) is 6.33. The van der Waals surface area contributed by atoms with E-state index in [2.05, 4.69) is 21.2 Å². The lowest BCUT2D eigenvalue weighted by Gasteiger charge is -2.27. The maximum absolute atomic E-state index is 13.3. The second kappa shape index (κ2) is 10.2. The molecule has 0 radical (unpaired) electrons. The summed E-state index contributed by atoms with van der Waals surface area (Å²) in [5.74, 6) is -1.07. The molecule has 9 heteroatoms. The summed E-state index contributed by atoms with van der Waals surface area (Å²) in [6, 6.07) is 15.1. The Morgan fingerprint density at radius 3 is 2.49 bits per heavy atom. The molecular weight excluding hydrogens is 555 g/mol. The van der Waals surface area contributed by atoms with E-state index in [1.807, 2.05) is 24.3 Å². The number of ether oxygens (including phenoxy) is 1. The summed E-state index contributed by atoms with van der Waals surface area (Å²) in [7, 11) is 1.52. The molecule has 1 heterocycles. The number of nitrogens with one attached hydrogen (secondary N) is 1. The van der Waals surface area contributed by atoms with Gasteiger partial charge in [0.1, 0.15) is 11.3 Å². The van der Waals surface area contributed by atoms with Crippen molar-refractivity contribution in [1.82, 2.24) is 5.32 Å². The van der Waals surface area contributed by atoms with Gasteiger partial charge in [-0.05, 0) is 60.0 Å². The highest BCUT2D eigenvalue weighted by molar-refractivity contribution is 9.10. The summed E-state index contributed by atoms with van der Waals surface area (Å²) in [4.78, 5) is 39.3. The number of halogens is 3. The maximum atomic E-state index is 13.3. The smallest absolute Gasteiger partial charge is 0.335 e. The summed E-state index contributed by atoms with van der Waals surface area (Å²) >= 11 is 16.3. The zero-order chi connectivity index (χ0) is 25.3. The Kier molecular flexibility index (Phi) is 7.31. The molecule has 0 spiro atoms. The molecule has 0 unspecified atom stereocenters. The number of benzene rings is 3. The van der Waals surface area contributed by atoms with E-state index in [0.717, 1.165) is 20.5 Å². The first-order valence-corrected chi connectivity index (χ1v) is 12.0. The van der Waals surface area contributed by atoms with Gasteiger partial charge in [0.25, 0.3) is 11.8 Å². The summed E-state index contributed by atoms with van der Waals surface area (Å²) in [6.45, 7) is 1.69. The highest BCUT2D eigenvalue weighted by Crippen LogP contribution is 2.34. The molecule has 1 saturated heterocycles. The minimum absolute atomic E-state index is 0.222. The Hall–Kier alpha value is -3.13. The highest BCUT2D eigenvalue weighted by Gasteiger charge is 2.37. The molecule has 1 aliphatic rings. The number of nitrogens with zero attached hydrogens (tertiary/aromatic N) is 1. The lowest BCUT2D eigenvalue weighted by Crippen LogP contribution is -2.54. The second-order valence-electron chi connectivity index (χ2n) is 7.79. The van der Waals surface area contributed by atoms with Crippen LogP contribution in [0.5, 0.6) is 5.75 Å². The van der Waals surface area contributed by atoms with E-state index < -0.39 is 17.8 Å². The van der Waals surface area contributed by atoms with Gasteiger partial charge in [0.05, 0.1) is 12.8 Å². The van der Waals surface area contributed by atoms with Crippen LogP contribution in [0.15, 0.2) is 64.6 Å². The van der Waals surface area contributed by atoms with E-state index in [4.69, 9.17) is 27.9 Å². The van der Waals surface area contributed by atoms with Gasteiger partial charge in [0.2, 0.25) is 0 Å². The third-order valence-corrected chi connectivity index (χ3v) is 7.13. The standard InChI is InChI=1S/C26H19BrCl2N2O4/c1-14-20(28)8-5-9-22(14)31-25(33)18(24(32)30-26(31)34)10-15-11-21(29)17(23(12-15)35-2)13-16-6-3-4-7-19(16)27/h3-12H,13H2,1-2H3,(H,30,32,34)/b18-10+. The molecule has 1 aliphatic heterocycles. The molecule has 1 N–H and O–H groups in total. The third kappa shape index (κ3) is 4.98. The number of carbonyl (C=O) groups is 3. The van der Waals surface area contributed by atoms with E-state index in [-0.39, 0.29) is 11.3 Å². The van der Waals surface area contributed by atoms with Crippen molar-refractivity contribution in [3.05, 3.63) is 96.9 Å². The average molecular weight is 574 g/mol. The van der Waals surface area contributed by atoms with Gasteiger partial charge in [-0.1, -0.05) is 63.4 Å². The van der Waals surface area contributed by atoms with Crippen LogP contribution in [0.3, 0.4) is 0 Å². The molecule has 178 valence electrons. The summed E-state index contributed by atoms with van der Waals surface area (Å²) < 4.78 is 6.50. The van der Waals surface area contributed by atoms with E-state index >= 15 is 0 Å². The molecular formula is C26H19BrCl2N2O4. The minimum Gasteiger partial charge on any atom is -0.496 e. The zero-order valence-electron chi connectivity index (χ0n) is 18.7. The number of hydrogen-bond acceptors (Lipinski definition) is 4. The van der Waals surface area contributed by atoms with Gasteiger partial charge in [-0.2, -0.15) is 0 Å². The van der Waals surface area contributed by atoms with Crippen molar-refractivity contribution in [2.24, 2.45) is 0 Å². The Morgan fingerprint density at radius 1 is 1.03 bits per heavy atom. The molecule has 0 atom stereocenters. The normalized spacial score (nSPS) is 14.9. The Labute approximate surface area is 220 Å². The van der Waals surface area contributed by atoms with Crippen LogP contribution >= 0.6 is 39.1 Å². The van der Waals surface area contributed by atoms with Crippen molar-refractivity contribution in [2.75, 3.05) is 12.0 Å². The van der Waals surface area contributed by atoms with Crippen LogP contribution in [0.2, 0.25) is 10.0 Å². The number of barbiturate groups is 1. The Balaban J connectivity index is 1.73. The van der Waals surface area contributed by atoms with Crippen LogP contribution < -0.4 is 15.0 Å². The predicted molar refractivity (Wildman–Crippen MR) is 140 cm³/mol. The SMILES string of the molecule is COc1cc(/C=C2\C(=O)NC(=O)N(c3cccc(Cl)c3C)C2=O)cc(Cl)c1Cc1ccccc1Br. The van der Waals surface area contributed by atoms with Gasteiger partial charge in [-0.25, -0.2) is 9.69 Å². The molecule has 35 heavy (non-hydrogen) atoms. The maximum Gasteiger partial charge on any atom is 0.335 e. The molecule has 0 aliphatic carbocycles. The van der Waals surface area contributed by atoms with Crippen LogP contribution in [0.4, 0.5) is 10.5 Å². The van der Waals surface area contributed by atoms with E-state index in [0.29, 0.717) is 33.3 Å². The fraction of sp³-hybridized carbons (Fsp3) is 0.115. The van der Waals surface area contributed by atoms with Crippen LogP contribution in [-0.4, -0.2) is 25.0 Å². The van der Waals surface area contributed by atoms with Gasteiger partial charge in [-0.3, -0.25) is 14.9 Å². The fourth-order valence-corrected chi connectivity index (χ4v) is 4.66. The first-order chi connectivity index (χ1) is 16.7. The Bertz CT molecular complexity index is 1400. The van der Waals surface area contributed by atoms with E-state index in [1.54, 1.807) is 37.3 Å². The van der Waals surface area contributed by atoms with Crippen molar-refractivity contribution < 1.29 is 19.1 Å². The molecule has 3 aromatic carbocycles. The van der Waals surface area contributed by atoms with Gasteiger partial charge < -0.3 is 4.74 Å². The lowest BCUT2D eigenvalue weighted by molar-refractivity contribution is -0.122. The first kappa shape index (κ1) is 25.0. The van der Waals surface area contributed by atoms with Crippen molar-refractivity contribution in [3.63, 3.8) is 0 Å². The first-order valence-electron chi connectivity index (χ1n) is 10.5. The van der Waals surface area contributed by atoms with Gasteiger partial charge >= 0.3 is 6.03 Å². The summed E-state index contributed by atoms with van der Waals surface area (Å²) in [5.41, 5.74) is 2.85. The molecule has 6 nitrogen and oxygen atoms in total. The quantitative estimate of drug-likeness (QED) is 0.286. The number of anilines is 1. The van der Waals surface area contributed by atoms with Crippen LogP contribution in [0.25, 0.3) is 6.08 Å². The zero-order valence-corrected chi connectivity index (χ0v) is 21.8. The topological polar surface area (TPSA) is 75.7 Å². The number of urea groups is 1. The molecule has 0 bridgehead atoms. The summed E-state index contributed by atoms with van der Waals surface area (Å²) in [5, 5.41) is 3.02. The van der Waals surface area contributed by atoms with Crippen LogP contribution in [-0.2, 0) is 16.0 Å². The minimum atomic E-state index is -0.845. The molecule has 3 aromatic rings. The van der Waals surface area contributed by atoms with Crippen molar-refractivity contribution in [1.29, 1.82) is 0 Å². The van der Waals surface area contributed by atoms with E-state index in [1.165, 1.54) is 13.2 Å². The van der Waals surface area contributed by atoms with Crippen molar-refractivity contribution in [3.8, 4) is 5.75 Å². The second-order valence-corrected chi connectivity index (χ2v) is 9.46. The number of imide groups is 2. The van der Waals surface area contributed by atoms with E-state index in [9.17, 15) is 14.4 Å². The number of hydrogen-bond donors (Lipinski definition) is 1. The van der Waals surface area contributed by atoms with Crippen LogP contribution in [0.1, 0.15) is 22.3 Å². The third-order valence-electron chi connectivity index (χ3n) is 5.61. The average Bonchev–Trinajstić information content (AvgIpc) is 2.82. The van der Waals surface area contributed by atoms with Gasteiger partial charge in [0, 0.05) is 26.5 Å². The molecule has 0 aromatic heterocycles. The monoisotopic (exact) mass is 572 g/mol. The van der Waals surface area contributed by atoms with Gasteiger partial charge in [-0.15, -0.1) is 0 Å². The number of rotatable bonds is 5. The number of carbonyl (C=O) groups excluding carboxylic acids is 3. The Morgan fingerprint density at radius 2 is 1.77 bits per heavy atom. The largest absolute Gasteiger partial charge is 0.496 e. The van der Waals surface area contributed by atoms with Crippen molar-refractivity contribution >= 4 is 68.7 Å². The van der Waals surface area contributed by atoms with Crippen molar-refractivity contribution in [2.45, 2.75) is 13.3 Å². The number of amides is 4. The van der Waals surface area contributed by atoms with Gasteiger partial charge in [0.15, 0.2) is 0 Å².